The van der Waals surface area contributed by atoms with Gasteiger partial charge >= 0.3 is 11.9 Å². The summed E-state index contributed by atoms with van der Waals surface area (Å²) in [7, 11) is 0. The molecule has 2 aliphatic carbocycles. The first-order valence-electron chi connectivity index (χ1n) is 26.7. The smallest absolute Gasteiger partial charge is 0.336 e. The standard InChI is InChI=1S/C31H38FNO5.C31H36FNO5/c2*1-5-35-31(34)25(16-23-12-13-28(32)21(3)15-23)18-36-26-10-7-11-27(17-26)37-19-29-22(4)38-30(33-29)24-9-6-8-20(2)14-24/h6,8-9,12-15,25-27H,5,7,10-11,16-19H2,1-4H3;6,8-9,12-16,26-27H,5,7,10-11,17-19H2,1-4H3/b;25-16-/t25?,26-,27+;26-,27+/m11/s1. The van der Waals surface area contributed by atoms with Gasteiger partial charge in [-0.15, -0.1) is 0 Å². The molecular formula is C62H74F2N2O10. The maximum atomic E-state index is 13.7. The Bertz CT molecular complexity index is 2890. The molecule has 0 saturated heterocycles. The SMILES string of the molecule is CCOC(=O)/C(=C\c1ccc(F)c(C)c1)CO[C@@H]1CCC[C@H](OCc2nc(-c3cccc(C)c3)oc2C)C1.CCOC(=O)C(CO[C@@H]1CCC[C@H](OCc2nc(-c3cccc(C)c3)oc2C)C1)Cc1ccc(F)c(C)c1. The van der Waals surface area contributed by atoms with Gasteiger partial charge in [0.1, 0.15) is 34.5 Å². The predicted octanol–water partition coefficient (Wildman–Crippen LogP) is 13.6. The molecule has 0 radical (unpaired) electrons. The van der Waals surface area contributed by atoms with Gasteiger partial charge in [-0.3, -0.25) is 4.79 Å². The highest BCUT2D eigenvalue weighted by Gasteiger charge is 2.29. The van der Waals surface area contributed by atoms with Crippen LogP contribution in [0, 0.1) is 59.1 Å². The number of carbonyl (C=O) groups is 2. The zero-order valence-electron chi connectivity index (χ0n) is 45.4. The number of aromatic nitrogens is 2. The summed E-state index contributed by atoms with van der Waals surface area (Å²) in [6.07, 6.45) is 9.36. The van der Waals surface area contributed by atoms with Crippen molar-refractivity contribution in [1.29, 1.82) is 0 Å². The summed E-state index contributed by atoms with van der Waals surface area (Å²) in [6.45, 7) is 16.6. The predicted molar refractivity (Wildman–Crippen MR) is 287 cm³/mol. The highest BCUT2D eigenvalue weighted by Crippen LogP contribution is 2.30. The minimum absolute atomic E-state index is 0.00175. The zero-order chi connectivity index (χ0) is 54.1. The third-order valence-electron chi connectivity index (χ3n) is 13.8. The summed E-state index contributed by atoms with van der Waals surface area (Å²) in [5, 5.41) is 0. The number of carbonyl (C=O) groups excluding carboxylic acids is 2. The molecule has 0 bridgehead atoms. The van der Waals surface area contributed by atoms with Crippen molar-refractivity contribution in [2.24, 2.45) is 5.92 Å². The van der Waals surface area contributed by atoms with Crippen molar-refractivity contribution in [1.82, 2.24) is 9.97 Å². The lowest BCUT2D eigenvalue weighted by Gasteiger charge is -2.30. The number of benzene rings is 4. The highest BCUT2D eigenvalue weighted by molar-refractivity contribution is 5.94. The number of aryl methyl sites for hydroxylation is 6. The van der Waals surface area contributed by atoms with Crippen LogP contribution in [0.15, 0.2) is 99.3 Å². The molecule has 8 rings (SSSR count). The van der Waals surface area contributed by atoms with E-state index in [1.54, 1.807) is 58.0 Å². The molecule has 6 aromatic rings. The molecule has 406 valence electrons. The number of nitrogens with zero attached hydrogens (tertiary/aromatic N) is 2. The van der Waals surface area contributed by atoms with E-state index < -0.39 is 11.9 Å². The minimum atomic E-state index is -0.445. The lowest BCUT2D eigenvalue weighted by atomic mass is 9.94. The molecule has 2 saturated carbocycles. The topological polar surface area (TPSA) is 142 Å². The molecule has 2 heterocycles. The van der Waals surface area contributed by atoms with E-state index in [-0.39, 0.29) is 61.8 Å². The molecule has 0 amide bonds. The van der Waals surface area contributed by atoms with E-state index >= 15 is 0 Å². The third kappa shape index (κ3) is 16.8. The second-order valence-electron chi connectivity index (χ2n) is 20.0. The molecule has 14 heteroatoms. The summed E-state index contributed by atoms with van der Waals surface area (Å²) in [4.78, 5) is 34.5. The largest absolute Gasteiger partial charge is 0.466 e. The Balaban J connectivity index is 0.000000221. The summed E-state index contributed by atoms with van der Waals surface area (Å²) in [5.41, 5.74) is 8.92. The Morgan fingerprint density at radius 1 is 0.632 bits per heavy atom. The zero-order valence-corrected chi connectivity index (χ0v) is 45.4. The molecule has 2 fully saturated rings. The number of hydrogen-bond acceptors (Lipinski definition) is 12. The number of oxazole rings is 2. The van der Waals surface area contributed by atoms with Crippen LogP contribution in [0.25, 0.3) is 29.0 Å². The van der Waals surface area contributed by atoms with E-state index in [0.29, 0.717) is 54.7 Å². The van der Waals surface area contributed by atoms with Gasteiger partial charge in [0.2, 0.25) is 11.8 Å². The van der Waals surface area contributed by atoms with E-state index in [0.717, 1.165) is 108 Å². The average molecular weight is 1050 g/mol. The van der Waals surface area contributed by atoms with Gasteiger partial charge in [-0.05, 0) is 184 Å². The molecule has 76 heavy (non-hydrogen) atoms. The Morgan fingerprint density at radius 3 is 1.66 bits per heavy atom. The Kier molecular flexibility index (Phi) is 21.3. The number of rotatable bonds is 21. The molecule has 2 aliphatic rings. The van der Waals surface area contributed by atoms with E-state index in [9.17, 15) is 18.4 Å². The van der Waals surface area contributed by atoms with Crippen LogP contribution in [-0.4, -0.2) is 72.7 Å². The number of hydrogen-bond donors (Lipinski definition) is 0. The fourth-order valence-corrected chi connectivity index (χ4v) is 9.52. The second-order valence-corrected chi connectivity index (χ2v) is 20.0. The normalized spacial score (nSPS) is 18.2. The van der Waals surface area contributed by atoms with E-state index in [4.69, 9.17) is 37.3 Å². The van der Waals surface area contributed by atoms with Crippen LogP contribution in [0.3, 0.4) is 0 Å². The van der Waals surface area contributed by atoms with Gasteiger partial charge in [-0.1, -0.05) is 53.6 Å². The number of ether oxygens (including phenoxy) is 6. The van der Waals surface area contributed by atoms with E-state index in [1.165, 1.54) is 12.1 Å². The Hall–Kier alpha value is -6.32. The second kappa shape index (κ2) is 28.2. The van der Waals surface area contributed by atoms with Crippen molar-refractivity contribution in [3.8, 4) is 22.9 Å². The molecule has 0 N–H and O–H groups in total. The highest BCUT2D eigenvalue weighted by atomic mass is 19.1. The summed E-state index contributed by atoms with van der Waals surface area (Å²) in [6, 6.07) is 25.8. The number of halogens is 2. The van der Waals surface area contributed by atoms with Gasteiger partial charge < -0.3 is 37.3 Å². The summed E-state index contributed by atoms with van der Waals surface area (Å²) in [5.74, 6) is 1.03. The third-order valence-corrected chi connectivity index (χ3v) is 13.8. The lowest BCUT2D eigenvalue weighted by molar-refractivity contribution is -0.151. The maximum Gasteiger partial charge on any atom is 0.336 e. The lowest BCUT2D eigenvalue weighted by Crippen LogP contribution is -2.32. The van der Waals surface area contributed by atoms with Crippen LogP contribution in [-0.2, 0) is 57.6 Å². The van der Waals surface area contributed by atoms with Crippen LogP contribution >= 0.6 is 0 Å². The summed E-state index contributed by atoms with van der Waals surface area (Å²) >= 11 is 0. The molecule has 5 atom stereocenters. The first kappa shape index (κ1) is 57.4. The van der Waals surface area contributed by atoms with Crippen LogP contribution in [0.2, 0.25) is 0 Å². The molecule has 1 unspecified atom stereocenters. The average Bonchev–Trinajstić information content (AvgIpc) is 3.98. The van der Waals surface area contributed by atoms with Crippen LogP contribution in [0.4, 0.5) is 8.78 Å². The van der Waals surface area contributed by atoms with E-state index in [2.05, 4.69) is 22.1 Å². The van der Waals surface area contributed by atoms with Crippen molar-refractivity contribution in [3.05, 3.63) is 158 Å². The molecular weight excluding hydrogens is 971 g/mol. The first-order chi connectivity index (χ1) is 36.6. The van der Waals surface area contributed by atoms with Crippen LogP contribution in [0.5, 0.6) is 0 Å². The Morgan fingerprint density at radius 2 is 1.14 bits per heavy atom. The van der Waals surface area contributed by atoms with Crippen LogP contribution in [0.1, 0.15) is 122 Å². The molecule has 0 aliphatic heterocycles. The van der Waals surface area contributed by atoms with Crippen molar-refractivity contribution in [3.63, 3.8) is 0 Å². The molecule has 4 aromatic carbocycles. The molecule has 2 aromatic heterocycles. The fourth-order valence-electron chi connectivity index (χ4n) is 9.52. The van der Waals surface area contributed by atoms with Crippen LogP contribution < -0.4 is 0 Å². The van der Waals surface area contributed by atoms with Gasteiger partial charge in [0.05, 0.1) is 75.5 Å². The van der Waals surface area contributed by atoms with Gasteiger partial charge in [0.25, 0.3) is 0 Å². The van der Waals surface area contributed by atoms with Crippen molar-refractivity contribution in [2.75, 3.05) is 26.4 Å². The first-order valence-corrected chi connectivity index (χ1v) is 26.7. The monoisotopic (exact) mass is 1040 g/mol. The van der Waals surface area contributed by atoms with Gasteiger partial charge in [0.15, 0.2) is 0 Å². The summed E-state index contributed by atoms with van der Waals surface area (Å²) < 4.78 is 74.5. The van der Waals surface area contributed by atoms with Gasteiger partial charge in [-0.2, -0.15) is 0 Å². The minimum Gasteiger partial charge on any atom is -0.466 e. The Labute approximate surface area is 446 Å². The quantitative estimate of drug-likeness (QED) is 0.0500. The van der Waals surface area contributed by atoms with Gasteiger partial charge in [-0.25, -0.2) is 23.5 Å². The molecule has 12 nitrogen and oxygen atoms in total. The van der Waals surface area contributed by atoms with Gasteiger partial charge in [0, 0.05) is 11.1 Å². The van der Waals surface area contributed by atoms with Crippen molar-refractivity contribution < 1.29 is 55.6 Å². The number of esters is 2. The molecule has 0 spiro atoms. The van der Waals surface area contributed by atoms with Crippen molar-refractivity contribution >= 4 is 18.0 Å². The fraction of sp³-hybridized carbons (Fsp3) is 0.452. The maximum absolute atomic E-state index is 13.7. The van der Waals surface area contributed by atoms with Crippen molar-refractivity contribution in [2.45, 2.75) is 151 Å². The van der Waals surface area contributed by atoms with E-state index in [1.807, 2.05) is 64.1 Å².